The van der Waals surface area contributed by atoms with Crippen molar-refractivity contribution >= 4 is 24.0 Å². The molecule has 0 saturated carbocycles. The quantitative estimate of drug-likeness (QED) is 0.399. The van der Waals surface area contributed by atoms with Gasteiger partial charge in [0.25, 0.3) is 0 Å². The fourth-order valence-corrected chi connectivity index (χ4v) is 0. The molecule has 0 aromatic heterocycles. The molecule has 0 amide bonds. The molecule has 0 N–H and O–H groups in total. The first-order valence-corrected chi connectivity index (χ1v) is 0.856. The van der Waals surface area contributed by atoms with Crippen molar-refractivity contribution in [3.05, 3.63) is 0 Å². The van der Waals surface area contributed by atoms with Gasteiger partial charge in [0.2, 0.25) is 0 Å². The third-order valence-corrected chi connectivity index (χ3v) is 0. The lowest BCUT2D eigenvalue weighted by Crippen LogP contribution is -0.954. The van der Waals surface area contributed by atoms with E-state index in [0.717, 1.165) is 0 Å². The summed E-state index contributed by atoms with van der Waals surface area (Å²) in [4.78, 5) is 0. The van der Waals surface area contributed by atoms with Crippen molar-refractivity contribution in [2.75, 3.05) is 0 Å². The van der Waals surface area contributed by atoms with Crippen LogP contribution in [0.2, 0.25) is 0 Å². The van der Waals surface area contributed by atoms with Crippen LogP contribution in [0, 0.1) is 11.8 Å². The molecule has 0 rings (SSSR count). The minimum Gasteiger partial charge on any atom is -0.147 e. The van der Waals surface area contributed by atoms with E-state index >= 15 is 0 Å². The average Bonchev–Trinajstić information content (AvgIpc) is 0.918. The lowest BCUT2D eigenvalue weighted by Gasteiger charge is -1.18. The Bertz CT molecular complexity index is 25.5. The topological polar surface area (TPSA) is 0 Å². The highest BCUT2D eigenvalue weighted by Gasteiger charge is 1.13. The van der Waals surface area contributed by atoms with Crippen molar-refractivity contribution in [3.63, 3.8) is 0 Å². The molecule has 0 radical (unpaired) electrons. The van der Waals surface area contributed by atoms with Gasteiger partial charge in [0.05, 0.1) is 0 Å². The van der Waals surface area contributed by atoms with Crippen LogP contribution in [0.1, 0.15) is 0 Å². The third kappa shape index (κ3) is 142. The van der Waals surface area contributed by atoms with E-state index in [1.54, 1.807) is 5.38 Å². The van der Waals surface area contributed by atoms with Crippen LogP contribution in [0.3, 0.4) is 0 Å². The summed E-state index contributed by atoms with van der Waals surface area (Å²) >= 11 is 4.53. The van der Waals surface area contributed by atoms with Gasteiger partial charge in [-0.2, -0.15) is 0 Å². The Morgan fingerprint density at radius 1 is 1.75 bits per heavy atom. The molecule has 0 fully saturated rings. The average molecular weight is 96.9 g/mol. The van der Waals surface area contributed by atoms with Gasteiger partial charge in [0, 0.05) is 5.38 Å². The summed E-state index contributed by atoms with van der Waals surface area (Å²) < 4.78 is 0. The van der Waals surface area contributed by atoms with E-state index in [1.807, 2.05) is 0 Å². The molecule has 0 aliphatic carbocycles. The van der Waals surface area contributed by atoms with Crippen LogP contribution in [0.5, 0.6) is 0 Å². The zero-order valence-corrected chi connectivity index (χ0v) is 3.44. The molecule has 0 unspecified atom stereocenters. The minimum atomic E-state index is 0. The standard InChI is InChI=1S/C2HCl.ClH/c1-2-3;/h1H;1H. The predicted octanol–water partition coefficient (Wildman–Crippen LogP) is 1.24. The van der Waals surface area contributed by atoms with Gasteiger partial charge in [-0.15, -0.1) is 18.8 Å². The Labute approximate surface area is 36.6 Å². The number of rotatable bonds is 0. The highest BCUT2D eigenvalue weighted by Crippen LogP contribution is 1.48. The molecule has 0 atom stereocenters. The van der Waals surface area contributed by atoms with Crippen molar-refractivity contribution in [1.82, 2.24) is 0 Å². The number of terminal acetylenes is 1. The minimum absolute atomic E-state index is 0. The summed E-state index contributed by atoms with van der Waals surface area (Å²) in [5.41, 5.74) is 0. The third-order valence-electron chi connectivity index (χ3n) is 0. The van der Waals surface area contributed by atoms with E-state index in [9.17, 15) is 0 Å². The van der Waals surface area contributed by atoms with Crippen LogP contribution in [0.15, 0.2) is 0 Å². The molecular weight excluding hydrogens is 94.9 g/mol. The number of hydrogen-bond donors (Lipinski definition) is 0. The van der Waals surface area contributed by atoms with Gasteiger partial charge in [-0.3, -0.25) is 0 Å². The van der Waals surface area contributed by atoms with Crippen LogP contribution in [-0.4, -0.2) is 0 Å². The van der Waals surface area contributed by atoms with Gasteiger partial charge in [-0.1, -0.05) is 0 Å². The van der Waals surface area contributed by atoms with Gasteiger partial charge in [-0.25, -0.2) is 0 Å². The van der Waals surface area contributed by atoms with Gasteiger partial charge in [0.15, 0.2) is 0 Å². The summed E-state index contributed by atoms with van der Waals surface area (Å²) in [6, 6.07) is 0. The second-order valence-electron chi connectivity index (χ2n) is 0.109. The van der Waals surface area contributed by atoms with Crippen LogP contribution >= 0.6 is 24.0 Å². The fraction of sp³-hybridized carbons (Fsp3) is 0. The van der Waals surface area contributed by atoms with Crippen molar-refractivity contribution in [1.29, 1.82) is 0 Å². The van der Waals surface area contributed by atoms with Crippen LogP contribution in [-0.2, 0) is 0 Å². The fourth-order valence-electron chi connectivity index (χ4n) is 0. The Kier molecular flexibility index (Phi) is 24.7. The lowest BCUT2D eigenvalue weighted by molar-refractivity contribution is 3.10. The Morgan fingerprint density at radius 2 is 1.75 bits per heavy atom. The first kappa shape index (κ1) is 8.91. The molecule has 0 aliphatic heterocycles. The number of halogens is 2. The van der Waals surface area contributed by atoms with Gasteiger partial charge in [0.1, 0.15) is 0 Å². The molecule has 0 aliphatic rings. The smallest absolute Gasteiger partial charge is 0.000627 e. The molecular formula is C2H2Cl2. The predicted molar refractivity (Wildman–Crippen MR) is 21.9 cm³/mol. The van der Waals surface area contributed by atoms with E-state index in [4.69, 9.17) is 0 Å². The molecule has 4 heavy (non-hydrogen) atoms. The Hall–Kier alpha value is 0.140. The van der Waals surface area contributed by atoms with E-state index in [1.165, 1.54) is 0 Å². The maximum Gasteiger partial charge on any atom is 0.000627 e. The maximum absolute atomic E-state index is 4.53. The lowest BCUT2D eigenvalue weighted by atomic mass is 11.4. The highest BCUT2D eigenvalue weighted by molar-refractivity contribution is 6.29. The zero-order valence-electron chi connectivity index (χ0n) is 1.86. The van der Waals surface area contributed by atoms with Gasteiger partial charge in [-0.05, 0) is 11.6 Å². The van der Waals surface area contributed by atoms with Crippen LogP contribution in [0.25, 0.3) is 0 Å². The molecule has 2 heteroatoms. The van der Waals surface area contributed by atoms with Crippen LogP contribution in [0.4, 0.5) is 0 Å². The van der Waals surface area contributed by atoms with E-state index in [0.29, 0.717) is 0 Å². The highest BCUT2D eigenvalue weighted by atomic mass is 35.5. The monoisotopic (exact) mass is 96.0 g/mol. The van der Waals surface area contributed by atoms with E-state index in [2.05, 4.69) is 18.0 Å². The van der Waals surface area contributed by atoms with Gasteiger partial charge >= 0.3 is 0 Å². The normalized spacial score (nSPS) is 2.00. The largest absolute Gasteiger partial charge is 0.147 e. The molecule has 24 valence electrons. The zero-order chi connectivity index (χ0) is 2.71. The van der Waals surface area contributed by atoms with Crippen molar-refractivity contribution in [2.45, 2.75) is 0 Å². The molecule has 0 heterocycles. The molecule has 0 bridgehead atoms. The van der Waals surface area contributed by atoms with Crippen molar-refractivity contribution in [3.8, 4) is 11.8 Å². The molecule has 0 aromatic carbocycles. The summed E-state index contributed by atoms with van der Waals surface area (Å²) in [7, 11) is 0. The summed E-state index contributed by atoms with van der Waals surface area (Å²) in [6.07, 6.45) is 4.36. The van der Waals surface area contributed by atoms with Crippen molar-refractivity contribution in [2.24, 2.45) is 0 Å². The first-order chi connectivity index (χ1) is 1.41. The summed E-state index contributed by atoms with van der Waals surface area (Å²) in [6.45, 7) is 0. The second-order valence-corrected chi connectivity index (χ2v) is 0.327. The van der Waals surface area contributed by atoms with Crippen molar-refractivity contribution < 1.29 is 0 Å². The number of hydrogen-bond acceptors (Lipinski definition) is 0. The van der Waals surface area contributed by atoms with Crippen LogP contribution < -0.4 is 0 Å². The first-order valence-electron chi connectivity index (χ1n) is 0.478. The van der Waals surface area contributed by atoms with E-state index < -0.39 is 0 Å². The maximum atomic E-state index is 4.53. The summed E-state index contributed by atoms with van der Waals surface area (Å²) in [5.74, 6) is 0. The molecule has 0 spiro atoms. The molecule has 0 aromatic rings. The molecule has 0 saturated heterocycles. The Balaban J connectivity index is 0. The molecule has 0 nitrogen and oxygen atoms in total. The second kappa shape index (κ2) is 11.1. The summed E-state index contributed by atoms with van der Waals surface area (Å²) in [5, 5.41) is 1.72. The Morgan fingerprint density at radius 3 is 1.75 bits per heavy atom. The van der Waals surface area contributed by atoms with E-state index in [-0.39, 0.29) is 12.4 Å². The SMILES string of the molecule is C#CCl.Cl. The van der Waals surface area contributed by atoms with Gasteiger partial charge < -0.3 is 0 Å².